The van der Waals surface area contributed by atoms with Crippen molar-refractivity contribution in [1.29, 1.82) is 0 Å². The summed E-state index contributed by atoms with van der Waals surface area (Å²) in [6.45, 7) is 4.27. The SMILES string of the molecule is CCCN(c1ccc(N)cc1)C1CCOC2(CCSC2)C1. The van der Waals surface area contributed by atoms with Crippen LogP contribution in [0.25, 0.3) is 0 Å². The number of rotatable bonds is 4. The maximum atomic E-state index is 6.17. The Morgan fingerprint density at radius 2 is 2.19 bits per heavy atom. The molecule has 0 amide bonds. The zero-order valence-electron chi connectivity index (χ0n) is 12.9. The molecule has 2 fully saturated rings. The molecule has 2 N–H and O–H groups in total. The molecule has 3 nitrogen and oxygen atoms in total. The summed E-state index contributed by atoms with van der Waals surface area (Å²) in [6, 6.07) is 8.95. The zero-order valence-corrected chi connectivity index (χ0v) is 13.7. The molecule has 1 aromatic rings. The minimum Gasteiger partial charge on any atom is -0.399 e. The third-order valence-electron chi connectivity index (χ3n) is 4.66. The maximum Gasteiger partial charge on any atom is 0.0799 e. The second-order valence-corrected chi connectivity index (χ2v) is 7.37. The molecule has 1 spiro atoms. The predicted octanol–water partition coefficient (Wildman–Crippen LogP) is 3.54. The lowest BCUT2D eigenvalue weighted by Crippen LogP contribution is -2.49. The number of ether oxygens (including phenoxy) is 1. The average Bonchev–Trinajstić information content (AvgIpc) is 2.94. The summed E-state index contributed by atoms with van der Waals surface area (Å²) >= 11 is 2.04. The maximum absolute atomic E-state index is 6.17. The van der Waals surface area contributed by atoms with Crippen molar-refractivity contribution in [3.8, 4) is 0 Å². The molecule has 21 heavy (non-hydrogen) atoms. The summed E-state index contributed by atoms with van der Waals surface area (Å²) in [5.74, 6) is 2.42. The Hall–Kier alpha value is -0.870. The van der Waals surface area contributed by atoms with Gasteiger partial charge in [0.05, 0.1) is 5.60 Å². The standard InChI is InChI=1S/C17H26N2OS/c1-2-9-19(15-5-3-14(18)4-6-15)16-7-10-20-17(12-16)8-11-21-13-17/h3-6,16H,2,7-13,18H2,1H3. The zero-order chi connectivity index (χ0) is 14.7. The first kappa shape index (κ1) is 15.0. The Bertz CT molecular complexity index is 456. The molecule has 0 aromatic heterocycles. The Kier molecular flexibility index (Phi) is 4.65. The molecule has 0 bridgehead atoms. The van der Waals surface area contributed by atoms with E-state index in [9.17, 15) is 0 Å². The molecule has 4 heteroatoms. The van der Waals surface area contributed by atoms with Crippen molar-refractivity contribution in [1.82, 2.24) is 0 Å². The van der Waals surface area contributed by atoms with Gasteiger partial charge in [0.1, 0.15) is 0 Å². The van der Waals surface area contributed by atoms with Crippen molar-refractivity contribution >= 4 is 23.1 Å². The number of nitrogens with zero attached hydrogens (tertiary/aromatic N) is 1. The Labute approximate surface area is 132 Å². The van der Waals surface area contributed by atoms with Gasteiger partial charge in [-0.1, -0.05) is 6.92 Å². The molecule has 2 aliphatic rings. The van der Waals surface area contributed by atoms with Crippen molar-refractivity contribution < 1.29 is 4.74 Å². The first-order valence-corrected chi connectivity index (χ1v) is 9.22. The van der Waals surface area contributed by atoms with E-state index >= 15 is 0 Å². The number of benzene rings is 1. The van der Waals surface area contributed by atoms with Crippen LogP contribution in [0.5, 0.6) is 0 Å². The molecular formula is C17H26N2OS. The molecule has 2 heterocycles. The van der Waals surface area contributed by atoms with Gasteiger partial charge in [0.25, 0.3) is 0 Å². The molecule has 2 unspecified atom stereocenters. The van der Waals surface area contributed by atoms with Crippen molar-refractivity contribution in [3.63, 3.8) is 0 Å². The topological polar surface area (TPSA) is 38.5 Å². The first-order chi connectivity index (χ1) is 10.2. The number of anilines is 2. The van der Waals surface area contributed by atoms with Gasteiger partial charge < -0.3 is 15.4 Å². The fourth-order valence-corrected chi connectivity index (χ4v) is 4.94. The van der Waals surface area contributed by atoms with Gasteiger partial charge in [-0.3, -0.25) is 0 Å². The number of nitrogen functional groups attached to an aromatic ring is 1. The van der Waals surface area contributed by atoms with Gasteiger partial charge in [0, 0.05) is 36.3 Å². The van der Waals surface area contributed by atoms with Crippen molar-refractivity contribution in [2.45, 2.75) is 44.2 Å². The van der Waals surface area contributed by atoms with Gasteiger partial charge in [-0.2, -0.15) is 11.8 Å². The van der Waals surface area contributed by atoms with E-state index in [1.54, 1.807) is 0 Å². The molecule has 3 rings (SSSR count). The first-order valence-electron chi connectivity index (χ1n) is 8.06. The predicted molar refractivity (Wildman–Crippen MR) is 92.1 cm³/mol. The van der Waals surface area contributed by atoms with Gasteiger partial charge in [-0.05, 0) is 55.7 Å². The third kappa shape index (κ3) is 3.32. The molecule has 116 valence electrons. The second kappa shape index (κ2) is 6.49. The van der Waals surface area contributed by atoms with Gasteiger partial charge in [0.15, 0.2) is 0 Å². The van der Waals surface area contributed by atoms with E-state index in [0.717, 1.165) is 25.3 Å². The second-order valence-electron chi connectivity index (χ2n) is 6.27. The van der Waals surface area contributed by atoms with Crippen LogP contribution in [0.4, 0.5) is 11.4 Å². The van der Waals surface area contributed by atoms with E-state index in [2.05, 4.69) is 24.0 Å². The number of thioether (sulfide) groups is 1. The summed E-state index contributed by atoms with van der Waals surface area (Å²) in [5, 5.41) is 0. The lowest BCUT2D eigenvalue weighted by atomic mass is 9.88. The van der Waals surface area contributed by atoms with Crippen LogP contribution >= 0.6 is 11.8 Å². The number of nitrogens with two attached hydrogens (primary N) is 1. The van der Waals surface area contributed by atoms with Crippen LogP contribution in [0.3, 0.4) is 0 Å². The van der Waals surface area contributed by atoms with E-state index in [1.165, 1.54) is 36.5 Å². The Morgan fingerprint density at radius 1 is 1.38 bits per heavy atom. The molecule has 0 radical (unpaired) electrons. The summed E-state index contributed by atoms with van der Waals surface area (Å²) in [7, 11) is 0. The quantitative estimate of drug-likeness (QED) is 0.864. The fraction of sp³-hybridized carbons (Fsp3) is 0.647. The highest BCUT2D eigenvalue weighted by molar-refractivity contribution is 7.99. The third-order valence-corrected chi connectivity index (χ3v) is 5.89. The van der Waals surface area contributed by atoms with Crippen LogP contribution in [0.15, 0.2) is 24.3 Å². The molecule has 2 saturated heterocycles. The highest BCUT2D eigenvalue weighted by atomic mass is 32.2. The Balaban J connectivity index is 1.78. The van der Waals surface area contributed by atoms with Crippen molar-refractivity contribution in [2.24, 2.45) is 0 Å². The number of hydrogen-bond donors (Lipinski definition) is 1. The van der Waals surface area contributed by atoms with Crippen molar-refractivity contribution in [3.05, 3.63) is 24.3 Å². The van der Waals surface area contributed by atoms with Crippen LogP contribution in [0.1, 0.15) is 32.6 Å². The summed E-state index contributed by atoms with van der Waals surface area (Å²) in [5.41, 5.74) is 8.12. The average molecular weight is 306 g/mol. The van der Waals surface area contributed by atoms with Crippen LogP contribution in [-0.4, -0.2) is 36.3 Å². The fourth-order valence-electron chi connectivity index (χ4n) is 3.56. The van der Waals surface area contributed by atoms with E-state index in [-0.39, 0.29) is 5.60 Å². The number of hydrogen-bond acceptors (Lipinski definition) is 4. The molecule has 2 atom stereocenters. The van der Waals surface area contributed by atoms with Gasteiger partial charge in [-0.25, -0.2) is 0 Å². The van der Waals surface area contributed by atoms with Gasteiger partial charge >= 0.3 is 0 Å². The van der Waals surface area contributed by atoms with Crippen LogP contribution in [0.2, 0.25) is 0 Å². The molecule has 1 aromatic carbocycles. The summed E-state index contributed by atoms with van der Waals surface area (Å²) in [4.78, 5) is 2.58. The molecule has 0 saturated carbocycles. The summed E-state index contributed by atoms with van der Waals surface area (Å²) in [6.07, 6.45) is 4.69. The molecule has 0 aliphatic carbocycles. The van der Waals surface area contributed by atoms with E-state index in [1.807, 2.05) is 23.9 Å². The summed E-state index contributed by atoms with van der Waals surface area (Å²) < 4.78 is 6.17. The lowest BCUT2D eigenvalue weighted by molar-refractivity contribution is -0.0663. The smallest absolute Gasteiger partial charge is 0.0799 e. The minimum atomic E-state index is 0.146. The monoisotopic (exact) mass is 306 g/mol. The van der Waals surface area contributed by atoms with Crippen LogP contribution in [-0.2, 0) is 4.74 Å². The normalized spacial score (nSPS) is 28.9. The highest BCUT2D eigenvalue weighted by Gasteiger charge is 2.41. The van der Waals surface area contributed by atoms with Gasteiger partial charge in [-0.15, -0.1) is 0 Å². The van der Waals surface area contributed by atoms with Crippen molar-refractivity contribution in [2.75, 3.05) is 35.3 Å². The minimum absolute atomic E-state index is 0.146. The van der Waals surface area contributed by atoms with Crippen LogP contribution in [0, 0.1) is 0 Å². The molecule has 2 aliphatic heterocycles. The molecular weight excluding hydrogens is 280 g/mol. The van der Waals surface area contributed by atoms with E-state index in [4.69, 9.17) is 10.5 Å². The van der Waals surface area contributed by atoms with Crippen LogP contribution < -0.4 is 10.6 Å². The van der Waals surface area contributed by atoms with E-state index in [0.29, 0.717) is 6.04 Å². The lowest BCUT2D eigenvalue weighted by Gasteiger charge is -2.43. The Morgan fingerprint density at radius 3 is 2.86 bits per heavy atom. The largest absolute Gasteiger partial charge is 0.399 e. The van der Waals surface area contributed by atoms with E-state index < -0.39 is 0 Å². The highest BCUT2D eigenvalue weighted by Crippen LogP contribution is 2.40. The van der Waals surface area contributed by atoms with Gasteiger partial charge in [0.2, 0.25) is 0 Å².